The number of carboxylic acid groups (broad SMARTS) is 1. The number of fused-ring (bicyclic) bond motifs is 3. The number of amides is 1. The number of carboxylic acids is 1. The third-order valence-electron chi connectivity index (χ3n) is 5.30. The molecule has 1 amide bonds. The number of ether oxygens (including phenoxy) is 1. The molecular weight excluding hydrogens is 344 g/mol. The third kappa shape index (κ3) is 3.66. The van der Waals surface area contributed by atoms with Gasteiger partial charge in [-0.2, -0.15) is 0 Å². The molecule has 2 aromatic rings. The normalized spacial score (nSPS) is 18.7. The first kappa shape index (κ1) is 17.5. The lowest BCUT2D eigenvalue weighted by Gasteiger charge is -2.17. The first-order valence-corrected chi connectivity index (χ1v) is 9.17. The zero-order valence-corrected chi connectivity index (χ0v) is 14.9. The van der Waals surface area contributed by atoms with Crippen LogP contribution < -0.4 is 5.32 Å². The Labute approximate surface area is 157 Å². The van der Waals surface area contributed by atoms with Crippen molar-refractivity contribution in [1.29, 1.82) is 0 Å². The molecule has 0 saturated carbocycles. The van der Waals surface area contributed by atoms with Crippen molar-refractivity contribution in [3.05, 3.63) is 59.7 Å². The summed E-state index contributed by atoms with van der Waals surface area (Å²) in [7, 11) is 0. The maximum Gasteiger partial charge on any atom is 0.407 e. The van der Waals surface area contributed by atoms with Crippen molar-refractivity contribution in [2.45, 2.75) is 18.4 Å². The van der Waals surface area contributed by atoms with Crippen LogP contribution in [0.15, 0.2) is 48.5 Å². The number of carbonyl (C=O) groups excluding carboxylic acids is 1. The number of carbonyl (C=O) groups is 2. The van der Waals surface area contributed by atoms with Crippen molar-refractivity contribution in [3.8, 4) is 11.1 Å². The predicted octanol–water partition coefficient (Wildman–Crippen LogP) is 2.68. The van der Waals surface area contributed by atoms with Crippen molar-refractivity contribution in [1.82, 2.24) is 10.2 Å². The second-order valence-electron chi connectivity index (χ2n) is 7.08. The van der Waals surface area contributed by atoms with Crippen LogP contribution in [0.25, 0.3) is 11.1 Å². The van der Waals surface area contributed by atoms with Gasteiger partial charge in [0.2, 0.25) is 0 Å². The molecule has 1 atom stereocenters. The fourth-order valence-electron chi connectivity index (χ4n) is 4.09. The van der Waals surface area contributed by atoms with E-state index in [0.29, 0.717) is 13.1 Å². The van der Waals surface area contributed by atoms with Gasteiger partial charge in [0.05, 0.1) is 6.54 Å². The SMILES string of the molecule is O=C(O)CN1CCC(NC(=O)OCC2c3ccccc3-c3ccccc32)C1. The second kappa shape index (κ2) is 7.40. The smallest absolute Gasteiger partial charge is 0.407 e. The van der Waals surface area contributed by atoms with Gasteiger partial charge in [0.15, 0.2) is 0 Å². The largest absolute Gasteiger partial charge is 0.480 e. The van der Waals surface area contributed by atoms with Crippen LogP contribution in [-0.2, 0) is 9.53 Å². The van der Waals surface area contributed by atoms with Crippen molar-refractivity contribution in [3.63, 3.8) is 0 Å². The quantitative estimate of drug-likeness (QED) is 0.851. The zero-order chi connectivity index (χ0) is 18.8. The van der Waals surface area contributed by atoms with Gasteiger partial charge in [0.1, 0.15) is 6.61 Å². The van der Waals surface area contributed by atoms with Crippen molar-refractivity contribution >= 4 is 12.1 Å². The Morgan fingerprint density at radius 3 is 2.33 bits per heavy atom. The predicted molar refractivity (Wildman–Crippen MR) is 101 cm³/mol. The number of alkyl carbamates (subject to hydrolysis) is 1. The number of hydrogen-bond donors (Lipinski definition) is 2. The van der Waals surface area contributed by atoms with Crippen molar-refractivity contribution in [2.75, 3.05) is 26.2 Å². The van der Waals surface area contributed by atoms with E-state index in [0.717, 1.165) is 6.42 Å². The summed E-state index contributed by atoms with van der Waals surface area (Å²) in [6, 6.07) is 16.4. The Morgan fingerprint density at radius 2 is 1.70 bits per heavy atom. The van der Waals surface area contributed by atoms with Crippen LogP contribution in [-0.4, -0.2) is 54.4 Å². The summed E-state index contributed by atoms with van der Waals surface area (Å²) in [4.78, 5) is 24.8. The lowest BCUT2D eigenvalue weighted by atomic mass is 9.98. The van der Waals surface area contributed by atoms with Gasteiger partial charge in [0, 0.05) is 25.0 Å². The van der Waals surface area contributed by atoms with Gasteiger partial charge in [-0.25, -0.2) is 4.79 Å². The number of aliphatic carboxylic acids is 1. The Balaban J connectivity index is 1.37. The van der Waals surface area contributed by atoms with Crippen LogP contribution in [0.1, 0.15) is 23.5 Å². The molecule has 6 heteroatoms. The van der Waals surface area contributed by atoms with Gasteiger partial charge in [-0.3, -0.25) is 9.69 Å². The summed E-state index contributed by atoms with van der Waals surface area (Å²) in [5, 5.41) is 11.7. The number of nitrogens with zero attached hydrogens (tertiary/aromatic N) is 1. The summed E-state index contributed by atoms with van der Waals surface area (Å²) in [6.45, 7) is 1.49. The van der Waals surface area contributed by atoms with E-state index in [9.17, 15) is 9.59 Å². The number of rotatable bonds is 5. The third-order valence-corrected chi connectivity index (χ3v) is 5.30. The minimum Gasteiger partial charge on any atom is -0.480 e. The van der Waals surface area contributed by atoms with Crippen LogP contribution in [0, 0.1) is 0 Å². The molecule has 1 fully saturated rings. The highest BCUT2D eigenvalue weighted by atomic mass is 16.5. The highest BCUT2D eigenvalue weighted by Gasteiger charge is 2.30. The van der Waals surface area contributed by atoms with E-state index < -0.39 is 12.1 Å². The van der Waals surface area contributed by atoms with Gasteiger partial charge < -0.3 is 15.2 Å². The molecule has 0 spiro atoms. The van der Waals surface area contributed by atoms with Gasteiger partial charge >= 0.3 is 12.1 Å². The second-order valence-corrected chi connectivity index (χ2v) is 7.08. The number of hydrogen-bond acceptors (Lipinski definition) is 4. The first-order valence-electron chi connectivity index (χ1n) is 9.17. The van der Waals surface area contributed by atoms with Gasteiger partial charge in [-0.05, 0) is 28.7 Å². The summed E-state index contributed by atoms with van der Waals surface area (Å²) in [5.41, 5.74) is 4.75. The van der Waals surface area contributed by atoms with E-state index in [2.05, 4.69) is 29.6 Å². The highest BCUT2D eigenvalue weighted by molar-refractivity contribution is 5.79. The topological polar surface area (TPSA) is 78.9 Å². The zero-order valence-electron chi connectivity index (χ0n) is 14.9. The molecule has 27 heavy (non-hydrogen) atoms. The van der Waals surface area contributed by atoms with E-state index in [-0.39, 0.29) is 25.1 Å². The fourth-order valence-corrected chi connectivity index (χ4v) is 4.09. The average molecular weight is 366 g/mol. The minimum atomic E-state index is -0.850. The molecule has 0 aromatic heterocycles. The van der Waals surface area contributed by atoms with Crippen LogP contribution in [0.3, 0.4) is 0 Å². The van der Waals surface area contributed by atoms with Gasteiger partial charge in [0.25, 0.3) is 0 Å². The summed E-state index contributed by atoms with van der Waals surface area (Å²) >= 11 is 0. The van der Waals surface area contributed by atoms with E-state index in [1.54, 1.807) is 0 Å². The Kier molecular flexibility index (Phi) is 4.81. The van der Waals surface area contributed by atoms with E-state index in [1.807, 2.05) is 29.2 Å². The molecule has 4 rings (SSSR count). The standard InChI is InChI=1S/C21H22N2O4/c24-20(25)12-23-10-9-14(11-23)22-21(26)27-13-19-17-7-3-1-5-15(17)16-6-2-4-8-18(16)19/h1-8,14,19H,9-13H2,(H,22,26)(H,24,25). The van der Waals surface area contributed by atoms with E-state index in [4.69, 9.17) is 9.84 Å². The molecule has 6 nitrogen and oxygen atoms in total. The van der Waals surface area contributed by atoms with Crippen LogP contribution in [0.4, 0.5) is 4.79 Å². The summed E-state index contributed by atoms with van der Waals surface area (Å²) in [6.07, 6.45) is 0.288. The molecule has 1 saturated heterocycles. The van der Waals surface area contributed by atoms with Gasteiger partial charge in [-0.1, -0.05) is 48.5 Å². The van der Waals surface area contributed by atoms with E-state index in [1.165, 1.54) is 22.3 Å². The molecule has 1 unspecified atom stereocenters. The number of likely N-dealkylation sites (tertiary alicyclic amines) is 1. The van der Waals surface area contributed by atoms with E-state index >= 15 is 0 Å². The van der Waals surface area contributed by atoms with Gasteiger partial charge in [-0.15, -0.1) is 0 Å². The molecule has 0 radical (unpaired) electrons. The molecule has 2 aromatic carbocycles. The van der Waals surface area contributed by atoms with Crippen LogP contribution >= 0.6 is 0 Å². The minimum absolute atomic E-state index is 0.00285. The summed E-state index contributed by atoms with van der Waals surface area (Å²) in [5.74, 6) is -0.813. The van der Waals surface area contributed by atoms with Crippen LogP contribution in [0.5, 0.6) is 0 Å². The molecule has 2 aliphatic rings. The fraction of sp³-hybridized carbons (Fsp3) is 0.333. The molecule has 1 aliphatic heterocycles. The van der Waals surface area contributed by atoms with Crippen LogP contribution in [0.2, 0.25) is 0 Å². The molecular formula is C21H22N2O4. The molecule has 1 aliphatic carbocycles. The first-order chi connectivity index (χ1) is 13.1. The maximum atomic E-state index is 12.2. The maximum absolute atomic E-state index is 12.2. The number of nitrogens with one attached hydrogen (secondary N) is 1. The average Bonchev–Trinajstić information content (AvgIpc) is 3.21. The lowest BCUT2D eigenvalue weighted by Crippen LogP contribution is -2.38. The highest BCUT2D eigenvalue weighted by Crippen LogP contribution is 2.44. The lowest BCUT2D eigenvalue weighted by molar-refractivity contribution is -0.138. The molecule has 1 heterocycles. The van der Waals surface area contributed by atoms with Crippen molar-refractivity contribution in [2.24, 2.45) is 0 Å². The Bertz CT molecular complexity index is 821. The monoisotopic (exact) mass is 366 g/mol. The molecule has 140 valence electrons. The molecule has 2 N–H and O–H groups in total. The number of benzene rings is 2. The Morgan fingerprint density at radius 1 is 1.07 bits per heavy atom. The molecule has 0 bridgehead atoms. The summed E-state index contributed by atoms with van der Waals surface area (Å²) < 4.78 is 5.53. The Hall–Kier alpha value is -2.86. The van der Waals surface area contributed by atoms with Crippen molar-refractivity contribution < 1.29 is 19.4 Å².